The monoisotopic (exact) mass is 441 g/mol. The number of rotatable bonds is 6. The molecule has 0 bridgehead atoms. The molecule has 0 unspecified atom stereocenters. The van der Waals surface area contributed by atoms with E-state index in [0.717, 1.165) is 33.2 Å². The van der Waals surface area contributed by atoms with E-state index < -0.39 is 0 Å². The van der Waals surface area contributed by atoms with Crippen molar-refractivity contribution >= 4 is 34.6 Å². The third-order valence-corrected chi connectivity index (χ3v) is 5.97. The molecule has 5 nitrogen and oxygen atoms in total. The molecular formula is C23H24ClN3O2S. The molecule has 0 aliphatic heterocycles. The van der Waals surface area contributed by atoms with E-state index in [1.807, 2.05) is 40.2 Å². The molecule has 0 aliphatic carbocycles. The lowest BCUT2D eigenvalue weighted by molar-refractivity contribution is -0.120. The minimum atomic E-state index is -0.0121. The predicted octanol–water partition coefficient (Wildman–Crippen LogP) is 4.97. The van der Waals surface area contributed by atoms with Crippen LogP contribution in [0.1, 0.15) is 22.4 Å². The van der Waals surface area contributed by atoms with Gasteiger partial charge >= 0.3 is 0 Å². The Kier molecular flexibility index (Phi) is 6.80. The van der Waals surface area contributed by atoms with Crippen LogP contribution in [-0.4, -0.2) is 22.4 Å². The molecular weight excluding hydrogens is 418 g/mol. The Morgan fingerprint density at radius 1 is 1.13 bits per heavy atom. The van der Waals surface area contributed by atoms with Gasteiger partial charge in [0.2, 0.25) is 5.91 Å². The fraction of sp³-hybridized carbons (Fsp3) is 0.217. The Morgan fingerprint density at radius 2 is 1.90 bits per heavy atom. The van der Waals surface area contributed by atoms with Gasteiger partial charge in [-0.2, -0.15) is 0 Å². The summed E-state index contributed by atoms with van der Waals surface area (Å²) >= 11 is 1.56. The molecule has 30 heavy (non-hydrogen) atoms. The number of methoxy groups -OCH3 is 1. The van der Waals surface area contributed by atoms with Crippen molar-refractivity contribution in [2.45, 2.75) is 26.8 Å². The largest absolute Gasteiger partial charge is 0.497 e. The molecule has 0 saturated carbocycles. The smallest absolute Gasteiger partial charge is 0.226 e. The summed E-state index contributed by atoms with van der Waals surface area (Å²) in [6.45, 7) is 4.71. The number of hydrogen-bond acceptors (Lipinski definition) is 4. The van der Waals surface area contributed by atoms with E-state index in [4.69, 9.17) is 9.72 Å². The SMILES string of the molecule is COc1ccc(CNC(=O)Cc2csc3nc(-c4ccc(C)c(C)c4)cn23)cc1.Cl. The second-order valence-corrected chi connectivity index (χ2v) is 7.94. The van der Waals surface area contributed by atoms with Gasteiger partial charge in [-0.1, -0.05) is 24.3 Å². The van der Waals surface area contributed by atoms with E-state index in [1.54, 1.807) is 18.4 Å². The van der Waals surface area contributed by atoms with Crippen LogP contribution in [-0.2, 0) is 17.8 Å². The molecule has 0 radical (unpaired) electrons. The van der Waals surface area contributed by atoms with Crippen LogP contribution in [0.4, 0.5) is 0 Å². The highest BCUT2D eigenvalue weighted by atomic mass is 35.5. The number of thiazole rings is 1. The quantitative estimate of drug-likeness (QED) is 0.459. The van der Waals surface area contributed by atoms with Gasteiger partial charge in [0.1, 0.15) is 5.75 Å². The number of aromatic nitrogens is 2. The number of hydrogen-bond donors (Lipinski definition) is 1. The first-order valence-electron chi connectivity index (χ1n) is 9.46. The van der Waals surface area contributed by atoms with Gasteiger partial charge in [0.25, 0.3) is 0 Å². The first-order valence-corrected chi connectivity index (χ1v) is 10.3. The number of ether oxygens (including phenoxy) is 1. The normalized spacial score (nSPS) is 10.6. The lowest BCUT2D eigenvalue weighted by Crippen LogP contribution is -2.24. The Morgan fingerprint density at radius 3 is 2.60 bits per heavy atom. The highest BCUT2D eigenvalue weighted by molar-refractivity contribution is 7.15. The third kappa shape index (κ3) is 4.66. The first-order chi connectivity index (χ1) is 14.0. The van der Waals surface area contributed by atoms with Crippen molar-refractivity contribution in [1.29, 1.82) is 0 Å². The van der Waals surface area contributed by atoms with Crippen molar-refractivity contribution in [3.05, 3.63) is 76.4 Å². The number of fused-ring (bicyclic) bond motifs is 1. The second kappa shape index (κ2) is 9.32. The molecule has 7 heteroatoms. The Balaban J connectivity index is 0.00000256. The lowest BCUT2D eigenvalue weighted by atomic mass is 10.0. The van der Waals surface area contributed by atoms with E-state index in [0.29, 0.717) is 13.0 Å². The number of benzene rings is 2. The number of nitrogens with zero attached hydrogens (tertiary/aromatic N) is 2. The van der Waals surface area contributed by atoms with E-state index in [-0.39, 0.29) is 18.3 Å². The minimum Gasteiger partial charge on any atom is -0.497 e. The molecule has 2 heterocycles. The maximum Gasteiger partial charge on any atom is 0.226 e. The second-order valence-electron chi connectivity index (χ2n) is 7.11. The van der Waals surface area contributed by atoms with Gasteiger partial charge in [-0.15, -0.1) is 23.7 Å². The van der Waals surface area contributed by atoms with Gasteiger partial charge in [0.15, 0.2) is 4.96 Å². The van der Waals surface area contributed by atoms with Gasteiger partial charge in [0.05, 0.1) is 19.2 Å². The van der Waals surface area contributed by atoms with E-state index in [9.17, 15) is 4.79 Å². The van der Waals surface area contributed by atoms with Crippen molar-refractivity contribution in [3.8, 4) is 17.0 Å². The van der Waals surface area contributed by atoms with E-state index in [1.165, 1.54) is 11.1 Å². The molecule has 0 fully saturated rings. The van der Waals surface area contributed by atoms with Crippen molar-refractivity contribution < 1.29 is 9.53 Å². The molecule has 1 amide bonds. The van der Waals surface area contributed by atoms with Gasteiger partial charge < -0.3 is 10.1 Å². The number of nitrogens with one attached hydrogen (secondary N) is 1. The zero-order chi connectivity index (χ0) is 20.4. The number of aryl methyl sites for hydroxylation is 2. The van der Waals surface area contributed by atoms with Crippen LogP contribution in [0, 0.1) is 13.8 Å². The Labute approximate surface area is 186 Å². The van der Waals surface area contributed by atoms with Crippen LogP contribution in [0.5, 0.6) is 5.75 Å². The predicted molar refractivity (Wildman–Crippen MR) is 124 cm³/mol. The summed E-state index contributed by atoms with van der Waals surface area (Å²) in [5.41, 5.74) is 6.52. The van der Waals surface area contributed by atoms with Crippen LogP contribution < -0.4 is 10.1 Å². The summed E-state index contributed by atoms with van der Waals surface area (Å²) in [5.74, 6) is 0.794. The van der Waals surface area contributed by atoms with Crippen molar-refractivity contribution in [2.75, 3.05) is 7.11 Å². The molecule has 156 valence electrons. The maximum absolute atomic E-state index is 12.4. The topological polar surface area (TPSA) is 55.6 Å². The summed E-state index contributed by atoms with van der Waals surface area (Å²) in [5, 5.41) is 4.98. The minimum absolute atomic E-state index is 0. The van der Waals surface area contributed by atoms with Crippen LogP contribution in [0.2, 0.25) is 0 Å². The number of carbonyl (C=O) groups excluding carboxylic acids is 1. The van der Waals surface area contributed by atoms with Crippen LogP contribution >= 0.6 is 23.7 Å². The Hall–Kier alpha value is -2.83. The molecule has 4 aromatic rings. The average molecular weight is 442 g/mol. The maximum atomic E-state index is 12.4. The number of amides is 1. The van der Waals surface area contributed by atoms with Gasteiger partial charge in [-0.3, -0.25) is 9.20 Å². The molecule has 0 spiro atoms. The van der Waals surface area contributed by atoms with E-state index in [2.05, 4.69) is 37.4 Å². The molecule has 0 atom stereocenters. The summed E-state index contributed by atoms with van der Waals surface area (Å²) < 4.78 is 7.17. The van der Waals surface area contributed by atoms with Gasteiger partial charge in [-0.05, 0) is 48.7 Å². The van der Waals surface area contributed by atoms with Crippen LogP contribution in [0.3, 0.4) is 0 Å². The summed E-state index contributed by atoms with van der Waals surface area (Å²) in [7, 11) is 1.64. The first kappa shape index (κ1) is 21.9. The van der Waals surface area contributed by atoms with E-state index >= 15 is 0 Å². The fourth-order valence-corrected chi connectivity index (χ4v) is 4.04. The molecule has 0 saturated heterocycles. The van der Waals surface area contributed by atoms with Crippen LogP contribution in [0.15, 0.2) is 54.0 Å². The molecule has 1 N–H and O–H groups in total. The highest BCUT2D eigenvalue weighted by Crippen LogP contribution is 2.25. The van der Waals surface area contributed by atoms with Crippen LogP contribution in [0.25, 0.3) is 16.2 Å². The highest BCUT2D eigenvalue weighted by Gasteiger charge is 2.13. The van der Waals surface area contributed by atoms with Crippen molar-refractivity contribution in [2.24, 2.45) is 0 Å². The Bertz CT molecular complexity index is 1170. The summed E-state index contributed by atoms with van der Waals surface area (Å²) in [4.78, 5) is 18.1. The van der Waals surface area contributed by atoms with Gasteiger partial charge in [0, 0.05) is 29.4 Å². The molecule has 4 rings (SSSR count). The molecule has 0 aliphatic rings. The number of imidazole rings is 1. The van der Waals surface area contributed by atoms with Crippen molar-refractivity contribution in [1.82, 2.24) is 14.7 Å². The number of halogens is 1. The fourth-order valence-electron chi connectivity index (χ4n) is 3.17. The standard InChI is InChI=1S/C23H23N3O2S.ClH/c1-15-4-7-18(10-16(15)2)21-13-26-19(14-29-23(26)25-21)11-22(27)24-12-17-5-8-20(28-3)9-6-17;/h4-10,13-14H,11-12H2,1-3H3,(H,24,27);1H. The lowest BCUT2D eigenvalue weighted by Gasteiger charge is -2.06. The molecule has 2 aromatic heterocycles. The molecule has 2 aromatic carbocycles. The third-order valence-electron chi connectivity index (χ3n) is 5.08. The summed E-state index contributed by atoms with van der Waals surface area (Å²) in [6, 6.07) is 14.1. The van der Waals surface area contributed by atoms with Crippen molar-refractivity contribution in [3.63, 3.8) is 0 Å². The van der Waals surface area contributed by atoms with Gasteiger partial charge in [-0.25, -0.2) is 4.98 Å². The average Bonchev–Trinajstić information content (AvgIpc) is 3.31. The summed E-state index contributed by atoms with van der Waals surface area (Å²) in [6.07, 6.45) is 2.33. The zero-order valence-corrected chi connectivity index (χ0v) is 18.8. The zero-order valence-electron chi connectivity index (χ0n) is 17.1. The number of carbonyl (C=O) groups is 1.